The van der Waals surface area contributed by atoms with E-state index in [0.717, 1.165) is 18.2 Å². The van der Waals surface area contributed by atoms with Crippen LogP contribution in [0.4, 0.5) is 5.69 Å². The largest absolute Gasteiger partial charge is 0.360 e. The molecule has 1 fully saturated rings. The van der Waals surface area contributed by atoms with Crippen LogP contribution in [0.1, 0.15) is 26.3 Å². The van der Waals surface area contributed by atoms with Gasteiger partial charge in [-0.1, -0.05) is 12.1 Å². The minimum atomic E-state index is -0.0272. The highest BCUT2D eigenvalue weighted by Crippen LogP contribution is 2.16. The Kier molecular flexibility index (Phi) is 7.78. The molecular weight excluding hydrogens is 417 g/mol. The lowest BCUT2D eigenvalue weighted by Crippen LogP contribution is -2.47. The highest BCUT2D eigenvalue weighted by Gasteiger charge is 2.16. The highest BCUT2D eigenvalue weighted by molar-refractivity contribution is 14.0. The number of guanidine groups is 1. The number of nitrogens with one attached hydrogen (secondary N) is 3. The molecule has 1 saturated heterocycles. The number of piperazine rings is 1. The van der Waals surface area contributed by atoms with Gasteiger partial charge in [0.15, 0.2) is 5.96 Å². The second kappa shape index (κ2) is 9.10. The number of hydrogen-bond acceptors (Lipinski definition) is 3. The van der Waals surface area contributed by atoms with Crippen LogP contribution in [0.5, 0.6) is 0 Å². The Morgan fingerprint density at radius 1 is 1.29 bits per heavy atom. The SMILES string of the molecule is CN=C(NCc1ccc(N2CCNC(=O)C2)cc1)NC(C)(C)C.I. The number of carbonyl (C=O) groups is 1. The van der Waals surface area contributed by atoms with Crippen molar-refractivity contribution in [3.8, 4) is 0 Å². The molecule has 0 aromatic heterocycles. The standard InChI is InChI=1S/C17H27N5O.HI/c1-17(2,3)21-16(18-4)20-11-13-5-7-14(8-6-13)22-10-9-19-15(23)12-22;/h5-8H,9-12H2,1-4H3,(H,19,23)(H2,18,20,21);1H. The Bertz CT molecular complexity index is 565. The molecule has 1 aromatic rings. The summed E-state index contributed by atoms with van der Waals surface area (Å²) >= 11 is 0. The van der Waals surface area contributed by atoms with E-state index in [0.29, 0.717) is 19.6 Å². The monoisotopic (exact) mass is 445 g/mol. The molecule has 0 saturated carbocycles. The second-order valence-electron chi connectivity index (χ2n) is 6.74. The zero-order chi connectivity index (χ0) is 16.9. The third kappa shape index (κ3) is 6.54. The molecule has 0 unspecified atom stereocenters. The van der Waals surface area contributed by atoms with Crippen LogP contribution < -0.4 is 20.9 Å². The number of amides is 1. The molecule has 0 bridgehead atoms. The lowest BCUT2D eigenvalue weighted by molar-refractivity contribution is -0.120. The topological polar surface area (TPSA) is 68.8 Å². The normalized spacial score (nSPS) is 15.4. The van der Waals surface area contributed by atoms with E-state index < -0.39 is 0 Å². The van der Waals surface area contributed by atoms with Gasteiger partial charge in [-0.05, 0) is 38.5 Å². The molecular formula is C17H28IN5O. The van der Waals surface area contributed by atoms with Crippen molar-refractivity contribution in [2.24, 2.45) is 4.99 Å². The summed E-state index contributed by atoms with van der Waals surface area (Å²) in [5.41, 5.74) is 2.23. The first-order chi connectivity index (χ1) is 10.9. The number of anilines is 1. The fraction of sp³-hybridized carbons (Fsp3) is 0.529. The van der Waals surface area contributed by atoms with Crippen molar-refractivity contribution >= 4 is 41.5 Å². The van der Waals surface area contributed by atoms with E-state index in [4.69, 9.17) is 0 Å². The molecule has 2 rings (SSSR count). The van der Waals surface area contributed by atoms with Gasteiger partial charge in [0.1, 0.15) is 0 Å². The van der Waals surface area contributed by atoms with Gasteiger partial charge in [-0.15, -0.1) is 24.0 Å². The number of benzene rings is 1. The first-order valence-corrected chi connectivity index (χ1v) is 7.97. The second-order valence-corrected chi connectivity index (χ2v) is 6.74. The van der Waals surface area contributed by atoms with Crippen molar-refractivity contribution in [1.29, 1.82) is 0 Å². The summed E-state index contributed by atoms with van der Waals surface area (Å²) in [6.07, 6.45) is 0. The molecule has 24 heavy (non-hydrogen) atoms. The Balaban J connectivity index is 0.00000288. The smallest absolute Gasteiger partial charge is 0.239 e. The minimum Gasteiger partial charge on any atom is -0.360 e. The van der Waals surface area contributed by atoms with Gasteiger partial charge < -0.3 is 20.9 Å². The summed E-state index contributed by atoms with van der Waals surface area (Å²) < 4.78 is 0. The molecule has 1 amide bonds. The zero-order valence-corrected chi connectivity index (χ0v) is 17.2. The van der Waals surface area contributed by atoms with Crippen LogP contribution in [0.15, 0.2) is 29.3 Å². The molecule has 1 aliphatic heterocycles. The third-order valence-corrected chi connectivity index (χ3v) is 3.52. The maximum Gasteiger partial charge on any atom is 0.239 e. The quantitative estimate of drug-likeness (QED) is 0.377. The van der Waals surface area contributed by atoms with Gasteiger partial charge in [-0.3, -0.25) is 9.79 Å². The molecule has 3 N–H and O–H groups in total. The van der Waals surface area contributed by atoms with Crippen LogP contribution in [0.25, 0.3) is 0 Å². The van der Waals surface area contributed by atoms with Gasteiger partial charge in [0, 0.05) is 37.9 Å². The van der Waals surface area contributed by atoms with Gasteiger partial charge in [0.05, 0.1) is 6.54 Å². The Morgan fingerprint density at radius 3 is 2.50 bits per heavy atom. The molecule has 1 aliphatic rings. The summed E-state index contributed by atoms with van der Waals surface area (Å²) in [6.45, 7) is 8.99. The van der Waals surface area contributed by atoms with Crippen molar-refractivity contribution in [1.82, 2.24) is 16.0 Å². The first-order valence-electron chi connectivity index (χ1n) is 7.97. The average Bonchev–Trinajstić information content (AvgIpc) is 2.51. The zero-order valence-electron chi connectivity index (χ0n) is 14.8. The number of hydrogen-bond donors (Lipinski definition) is 3. The summed E-state index contributed by atoms with van der Waals surface area (Å²) in [5, 5.41) is 9.48. The molecule has 6 nitrogen and oxygen atoms in total. The molecule has 0 radical (unpaired) electrons. The molecule has 134 valence electrons. The molecule has 0 aliphatic carbocycles. The Hall–Kier alpha value is -1.51. The van der Waals surface area contributed by atoms with Gasteiger partial charge >= 0.3 is 0 Å². The predicted octanol–water partition coefficient (Wildman–Crippen LogP) is 1.70. The fourth-order valence-corrected chi connectivity index (χ4v) is 2.40. The number of halogens is 1. The van der Waals surface area contributed by atoms with Crippen LogP contribution in [0.2, 0.25) is 0 Å². The third-order valence-electron chi connectivity index (χ3n) is 3.52. The van der Waals surface area contributed by atoms with E-state index >= 15 is 0 Å². The van der Waals surface area contributed by atoms with Crippen molar-refractivity contribution in [3.05, 3.63) is 29.8 Å². The highest BCUT2D eigenvalue weighted by atomic mass is 127. The first kappa shape index (κ1) is 20.5. The van der Waals surface area contributed by atoms with Crippen molar-refractivity contribution in [2.75, 3.05) is 31.6 Å². The summed E-state index contributed by atoms with van der Waals surface area (Å²) in [5.74, 6) is 0.869. The average molecular weight is 445 g/mol. The van der Waals surface area contributed by atoms with E-state index in [-0.39, 0.29) is 35.4 Å². The molecule has 1 aromatic carbocycles. The van der Waals surface area contributed by atoms with E-state index in [1.165, 1.54) is 5.56 Å². The predicted molar refractivity (Wildman–Crippen MR) is 110 cm³/mol. The minimum absolute atomic E-state index is 0. The Morgan fingerprint density at radius 2 is 1.96 bits per heavy atom. The maximum absolute atomic E-state index is 11.5. The molecule has 0 atom stereocenters. The van der Waals surface area contributed by atoms with Crippen LogP contribution >= 0.6 is 24.0 Å². The number of aliphatic imine (C=N–C) groups is 1. The lowest BCUT2D eigenvalue weighted by Gasteiger charge is -2.28. The van der Waals surface area contributed by atoms with Crippen LogP contribution in [-0.4, -0.2) is 44.1 Å². The van der Waals surface area contributed by atoms with Crippen LogP contribution in [0, 0.1) is 0 Å². The summed E-state index contributed by atoms with van der Waals surface area (Å²) in [6, 6.07) is 8.30. The molecule has 7 heteroatoms. The van der Waals surface area contributed by atoms with Gasteiger partial charge in [0.2, 0.25) is 5.91 Å². The van der Waals surface area contributed by atoms with Crippen molar-refractivity contribution < 1.29 is 4.79 Å². The van der Waals surface area contributed by atoms with Gasteiger partial charge in [-0.25, -0.2) is 0 Å². The van der Waals surface area contributed by atoms with E-state index in [2.05, 4.69) is 70.9 Å². The Labute approximate surface area is 161 Å². The molecule has 1 heterocycles. The number of rotatable bonds is 3. The summed E-state index contributed by atoms with van der Waals surface area (Å²) in [7, 11) is 1.77. The maximum atomic E-state index is 11.5. The lowest BCUT2D eigenvalue weighted by atomic mass is 10.1. The van der Waals surface area contributed by atoms with Crippen LogP contribution in [0.3, 0.4) is 0 Å². The van der Waals surface area contributed by atoms with Gasteiger partial charge in [-0.2, -0.15) is 0 Å². The number of carbonyl (C=O) groups excluding carboxylic acids is 1. The van der Waals surface area contributed by atoms with Crippen LogP contribution in [-0.2, 0) is 11.3 Å². The fourth-order valence-electron chi connectivity index (χ4n) is 2.40. The molecule has 0 spiro atoms. The van der Waals surface area contributed by atoms with E-state index in [1.54, 1.807) is 7.05 Å². The summed E-state index contributed by atoms with van der Waals surface area (Å²) in [4.78, 5) is 17.8. The van der Waals surface area contributed by atoms with E-state index in [9.17, 15) is 4.79 Å². The van der Waals surface area contributed by atoms with E-state index in [1.807, 2.05) is 0 Å². The van der Waals surface area contributed by atoms with Crippen molar-refractivity contribution in [3.63, 3.8) is 0 Å². The number of nitrogens with zero attached hydrogens (tertiary/aromatic N) is 2. The van der Waals surface area contributed by atoms with Crippen molar-refractivity contribution in [2.45, 2.75) is 32.9 Å². The van der Waals surface area contributed by atoms with Gasteiger partial charge in [0.25, 0.3) is 0 Å².